The van der Waals surface area contributed by atoms with Crippen molar-refractivity contribution in [3.05, 3.63) is 74.1 Å². The summed E-state index contributed by atoms with van der Waals surface area (Å²) >= 11 is 0. The van der Waals surface area contributed by atoms with Crippen LogP contribution in [-0.4, -0.2) is 13.1 Å². The van der Waals surface area contributed by atoms with Gasteiger partial charge in [0.1, 0.15) is 0 Å². The topological polar surface area (TPSA) is 66.1 Å². The minimum Gasteiger partial charge on any atom is -0.659 e. The van der Waals surface area contributed by atoms with Gasteiger partial charge in [0.05, 0.1) is 0 Å². The molecule has 0 aliphatic heterocycles. The Morgan fingerprint density at radius 1 is 0.559 bits per heavy atom. The molecule has 4 N–H and O–H groups in total. The van der Waals surface area contributed by atoms with Crippen LogP contribution in [0.15, 0.2) is 24.3 Å². The molecule has 0 spiro atoms. The Balaban J connectivity index is 0.00000578. The zero-order chi connectivity index (χ0) is 25.0. The van der Waals surface area contributed by atoms with E-state index in [0.717, 1.165) is 0 Å². The predicted molar refractivity (Wildman–Crippen MR) is 146 cm³/mol. The van der Waals surface area contributed by atoms with Gasteiger partial charge in [-0.15, -0.1) is 13.1 Å². The van der Waals surface area contributed by atoms with Crippen molar-refractivity contribution >= 4 is 0 Å². The Morgan fingerprint density at radius 3 is 1.00 bits per heavy atom. The summed E-state index contributed by atoms with van der Waals surface area (Å²) in [5.41, 5.74) is 24.2. The summed E-state index contributed by atoms with van der Waals surface area (Å²) in [5, 5.41) is 4.92. The molecule has 3 nitrogen and oxygen atoms in total. The molecule has 0 aliphatic rings. The van der Waals surface area contributed by atoms with Crippen LogP contribution in [0.5, 0.6) is 0 Å². The molecular formula is C30H48MnN3-. The van der Waals surface area contributed by atoms with Crippen LogP contribution in [0.25, 0.3) is 5.32 Å². The molecule has 0 saturated heterocycles. The molecule has 2 atom stereocenters. The molecule has 0 amide bonds. The molecule has 0 saturated carbocycles. The molecule has 4 heteroatoms. The Morgan fingerprint density at radius 2 is 0.794 bits per heavy atom. The second-order valence-electron chi connectivity index (χ2n) is 11.1. The van der Waals surface area contributed by atoms with E-state index in [9.17, 15) is 0 Å². The van der Waals surface area contributed by atoms with Crippen LogP contribution >= 0.6 is 0 Å². The fourth-order valence-electron chi connectivity index (χ4n) is 5.01. The van der Waals surface area contributed by atoms with E-state index in [0.29, 0.717) is 36.8 Å². The maximum absolute atomic E-state index is 6.79. The van der Waals surface area contributed by atoms with Crippen LogP contribution in [0.1, 0.15) is 136 Å². The number of nitrogens with two attached hydrogens (primary N) is 2. The van der Waals surface area contributed by atoms with Crippen molar-refractivity contribution in [2.75, 3.05) is 13.1 Å². The van der Waals surface area contributed by atoms with Crippen molar-refractivity contribution in [2.24, 2.45) is 11.5 Å². The molecule has 0 fully saturated rings. The van der Waals surface area contributed by atoms with Crippen LogP contribution in [0.4, 0.5) is 0 Å². The number of rotatable bonds is 10. The van der Waals surface area contributed by atoms with Crippen molar-refractivity contribution in [2.45, 2.75) is 105 Å². The van der Waals surface area contributed by atoms with E-state index in [1.807, 2.05) is 0 Å². The SMILES string of the molecule is Cc1cc(C(C)C)c(C(N)C[N-]CC(N)c2c(C(C)C)cc(C)cc2C(C)C)c(C(C)C)c1.[Mn]. The van der Waals surface area contributed by atoms with Crippen LogP contribution < -0.4 is 11.5 Å². The van der Waals surface area contributed by atoms with Gasteiger partial charge in [0.2, 0.25) is 0 Å². The molecule has 0 aromatic heterocycles. The van der Waals surface area contributed by atoms with Crippen molar-refractivity contribution < 1.29 is 17.1 Å². The van der Waals surface area contributed by atoms with Crippen LogP contribution in [0, 0.1) is 13.8 Å². The van der Waals surface area contributed by atoms with Gasteiger partial charge in [-0.05, 0) is 70.9 Å². The van der Waals surface area contributed by atoms with Gasteiger partial charge >= 0.3 is 0 Å². The standard InChI is InChI=1S/C30H48N3.Mn/c1-17(2)23-11-21(9)12-24(18(3)4)29(23)27(31)15-33-16-28(32)30-25(19(5)6)13-22(10)14-26(30)20(7)8;/h11-14,17-20,27-28H,15-16,31-32H2,1-10H3;/q-1;. The Labute approximate surface area is 220 Å². The maximum atomic E-state index is 6.79. The molecule has 2 aromatic carbocycles. The summed E-state index contributed by atoms with van der Waals surface area (Å²) in [5.74, 6) is 1.72. The van der Waals surface area contributed by atoms with E-state index in [-0.39, 0.29) is 29.2 Å². The first kappa shape index (κ1) is 30.9. The summed E-state index contributed by atoms with van der Waals surface area (Å²) in [7, 11) is 0. The summed E-state index contributed by atoms with van der Waals surface area (Å²) in [4.78, 5) is 0. The van der Waals surface area contributed by atoms with Gasteiger partial charge in [0, 0.05) is 29.2 Å². The quantitative estimate of drug-likeness (QED) is 0.323. The Bertz CT molecular complexity index is 797. The van der Waals surface area contributed by atoms with E-state index in [1.54, 1.807) is 0 Å². The minimum absolute atomic E-state index is 0. The average molecular weight is 506 g/mol. The van der Waals surface area contributed by atoms with Gasteiger partial charge in [-0.2, -0.15) is 0 Å². The van der Waals surface area contributed by atoms with Gasteiger partial charge in [0.15, 0.2) is 0 Å². The van der Waals surface area contributed by atoms with Crippen LogP contribution in [0.3, 0.4) is 0 Å². The van der Waals surface area contributed by atoms with E-state index >= 15 is 0 Å². The average Bonchev–Trinajstić information content (AvgIpc) is 2.71. The normalized spacial score (nSPS) is 13.6. The van der Waals surface area contributed by atoms with Gasteiger partial charge < -0.3 is 16.8 Å². The maximum Gasteiger partial charge on any atom is 0.0110 e. The molecule has 2 aromatic rings. The van der Waals surface area contributed by atoms with Gasteiger partial charge in [-0.25, -0.2) is 0 Å². The van der Waals surface area contributed by atoms with Crippen molar-refractivity contribution in [3.8, 4) is 0 Å². The van der Waals surface area contributed by atoms with Gasteiger partial charge in [-0.1, -0.05) is 90.8 Å². The third-order valence-corrected chi connectivity index (χ3v) is 6.66. The monoisotopic (exact) mass is 505 g/mol. The van der Waals surface area contributed by atoms with Crippen molar-refractivity contribution in [3.63, 3.8) is 0 Å². The first-order chi connectivity index (χ1) is 15.3. The number of hydrogen-bond donors (Lipinski definition) is 2. The van der Waals surface area contributed by atoms with Crippen LogP contribution in [0.2, 0.25) is 0 Å². The number of hydrogen-bond acceptors (Lipinski definition) is 2. The fraction of sp³-hybridized carbons (Fsp3) is 0.600. The Hall–Kier alpha value is -1.16. The third kappa shape index (κ3) is 7.42. The van der Waals surface area contributed by atoms with Crippen LogP contribution in [-0.2, 0) is 17.1 Å². The van der Waals surface area contributed by atoms with Crippen molar-refractivity contribution in [1.82, 2.24) is 0 Å². The fourth-order valence-corrected chi connectivity index (χ4v) is 5.01. The van der Waals surface area contributed by atoms with E-state index < -0.39 is 0 Å². The zero-order valence-electron chi connectivity index (χ0n) is 23.2. The summed E-state index contributed by atoms with van der Waals surface area (Å²) in [6.07, 6.45) is 0. The number of benzene rings is 2. The van der Waals surface area contributed by atoms with Gasteiger partial charge in [-0.3, -0.25) is 0 Å². The summed E-state index contributed by atoms with van der Waals surface area (Å²) in [6.45, 7) is 23.5. The second kappa shape index (κ2) is 13.2. The van der Waals surface area contributed by atoms with E-state index in [1.165, 1.54) is 44.5 Å². The van der Waals surface area contributed by atoms with Gasteiger partial charge in [0.25, 0.3) is 0 Å². The largest absolute Gasteiger partial charge is 0.659 e. The minimum atomic E-state index is -0.111. The number of aryl methyl sites for hydroxylation is 2. The predicted octanol–water partition coefficient (Wildman–Crippen LogP) is 7.87. The molecule has 0 heterocycles. The molecule has 2 unspecified atom stereocenters. The summed E-state index contributed by atoms with van der Waals surface area (Å²) < 4.78 is 0. The molecule has 34 heavy (non-hydrogen) atoms. The molecule has 0 aliphatic carbocycles. The third-order valence-electron chi connectivity index (χ3n) is 6.66. The Kier molecular flexibility index (Phi) is 12.0. The zero-order valence-corrected chi connectivity index (χ0v) is 24.3. The van der Waals surface area contributed by atoms with Crippen molar-refractivity contribution in [1.29, 1.82) is 0 Å². The molecule has 2 rings (SSSR count). The van der Waals surface area contributed by atoms with E-state index in [4.69, 9.17) is 16.8 Å². The molecular weight excluding hydrogens is 457 g/mol. The van der Waals surface area contributed by atoms with E-state index in [2.05, 4.69) is 93.5 Å². The molecule has 0 bridgehead atoms. The molecule has 191 valence electrons. The first-order valence-corrected chi connectivity index (χ1v) is 12.8. The second-order valence-corrected chi connectivity index (χ2v) is 11.1. The first-order valence-electron chi connectivity index (χ1n) is 12.8. The molecule has 1 radical (unpaired) electrons. The smallest absolute Gasteiger partial charge is 0.0110 e. The number of nitrogens with zero attached hydrogens (tertiary/aromatic N) is 1. The summed E-state index contributed by atoms with van der Waals surface area (Å²) in [6, 6.07) is 8.97.